The molecular weight excluding hydrogens is 258 g/mol. The Bertz CT molecular complexity index is 601. The van der Waals surface area contributed by atoms with Gasteiger partial charge in [0.15, 0.2) is 5.01 Å². The van der Waals surface area contributed by atoms with Crippen LogP contribution in [0.2, 0.25) is 0 Å². The van der Waals surface area contributed by atoms with Gasteiger partial charge in [0.2, 0.25) is 5.91 Å². The average molecular weight is 271 g/mol. The summed E-state index contributed by atoms with van der Waals surface area (Å²) >= 11 is 1.30. The minimum Gasteiger partial charge on any atom is -0.320 e. The zero-order valence-corrected chi connectivity index (χ0v) is 11.0. The molecule has 96 valence electrons. The number of benzene rings is 1. The fourth-order valence-electron chi connectivity index (χ4n) is 1.58. The van der Waals surface area contributed by atoms with E-state index in [9.17, 15) is 4.79 Å². The van der Waals surface area contributed by atoms with Gasteiger partial charge in [-0.25, -0.2) is 4.98 Å². The van der Waals surface area contributed by atoms with Gasteiger partial charge in [0, 0.05) is 5.38 Å². The molecule has 4 nitrogen and oxygen atoms in total. The lowest BCUT2D eigenvalue weighted by atomic mass is 10.1. The molecule has 1 amide bonds. The van der Waals surface area contributed by atoms with Crippen LogP contribution in [0.3, 0.4) is 0 Å². The summed E-state index contributed by atoms with van der Waals surface area (Å²) in [6, 6.07) is 9.02. The second-order valence-corrected chi connectivity index (χ2v) is 4.83. The van der Waals surface area contributed by atoms with Crippen molar-refractivity contribution >= 4 is 23.1 Å². The number of carbonyl (C=O) groups is 1. The predicted octanol–water partition coefficient (Wildman–Crippen LogP) is 1.63. The first kappa shape index (κ1) is 13.3. The van der Waals surface area contributed by atoms with Crippen molar-refractivity contribution < 1.29 is 4.79 Å². The first-order chi connectivity index (χ1) is 9.19. The topological polar surface area (TPSA) is 68.0 Å². The zero-order chi connectivity index (χ0) is 13.7. The molecule has 1 atom stereocenters. The number of thiazole rings is 1. The fourth-order valence-corrected chi connectivity index (χ4v) is 2.13. The first-order valence-electron chi connectivity index (χ1n) is 5.71. The van der Waals surface area contributed by atoms with Crippen molar-refractivity contribution in [2.45, 2.75) is 12.5 Å². The summed E-state index contributed by atoms with van der Waals surface area (Å²) in [6.07, 6.45) is 5.70. The van der Waals surface area contributed by atoms with Crippen LogP contribution in [0, 0.1) is 12.3 Å². The minimum absolute atomic E-state index is 0.266. The van der Waals surface area contributed by atoms with Gasteiger partial charge >= 0.3 is 0 Å². The number of amides is 1. The Balaban J connectivity index is 1.94. The molecule has 0 saturated carbocycles. The Hall–Kier alpha value is -2.16. The van der Waals surface area contributed by atoms with Crippen LogP contribution >= 0.6 is 11.3 Å². The quantitative estimate of drug-likeness (QED) is 0.831. The highest BCUT2D eigenvalue weighted by Gasteiger charge is 2.15. The van der Waals surface area contributed by atoms with Gasteiger partial charge in [-0.1, -0.05) is 30.3 Å². The molecule has 5 heteroatoms. The molecule has 1 aromatic carbocycles. The van der Waals surface area contributed by atoms with Crippen molar-refractivity contribution in [3.63, 3.8) is 0 Å². The van der Waals surface area contributed by atoms with Crippen LogP contribution in [0.5, 0.6) is 0 Å². The summed E-state index contributed by atoms with van der Waals surface area (Å²) in [6.45, 7) is 0. The van der Waals surface area contributed by atoms with E-state index in [4.69, 9.17) is 12.2 Å². The Kier molecular flexibility index (Phi) is 4.29. The van der Waals surface area contributed by atoms with Crippen molar-refractivity contribution in [1.82, 2.24) is 4.98 Å². The number of nitrogens with zero attached hydrogens (tertiary/aromatic N) is 1. The number of aromatic nitrogens is 1. The fraction of sp³-hybridized carbons (Fsp3) is 0.143. The van der Waals surface area contributed by atoms with Gasteiger partial charge in [0.1, 0.15) is 5.82 Å². The van der Waals surface area contributed by atoms with Crippen LogP contribution in [0.1, 0.15) is 10.6 Å². The molecule has 0 aliphatic rings. The van der Waals surface area contributed by atoms with Crippen molar-refractivity contribution in [3.8, 4) is 12.3 Å². The maximum atomic E-state index is 11.9. The molecule has 1 aromatic heterocycles. The molecule has 0 unspecified atom stereocenters. The molecule has 19 heavy (non-hydrogen) atoms. The van der Waals surface area contributed by atoms with Gasteiger partial charge < -0.3 is 11.1 Å². The van der Waals surface area contributed by atoms with Crippen LogP contribution in [-0.4, -0.2) is 16.9 Å². The van der Waals surface area contributed by atoms with Crippen LogP contribution in [-0.2, 0) is 11.2 Å². The van der Waals surface area contributed by atoms with E-state index in [-0.39, 0.29) is 5.91 Å². The maximum absolute atomic E-state index is 11.9. The number of hydrogen-bond acceptors (Lipinski definition) is 4. The van der Waals surface area contributed by atoms with Gasteiger partial charge in [-0.2, -0.15) is 0 Å². The van der Waals surface area contributed by atoms with Gasteiger partial charge in [-0.05, 0) is 17.9 Å². The number of rotatable bonds is 4. The van der Waals surface area contributed by atoms with Gasteiger partial charge in [0.25, 0.3) is 0 Å². The molecule has 0 radical (unpaired) electrons. The molecule has 2 rings (SSSR count). The van der Waals surface area contributed by atoms with E-state index in [0.29, 0.717) is 17.2 Å². The first-order valence-corrected chi connectivity index (χ1v) is 6.59. The summed E-state index contributed by atoms with van der Waals surface area (Å²) in [7, 11) is 0. The molecule has 0 fully saturated rings. The van der Waals surface area contributed by atoms with Crippen molar-refractivity contribution in [2.75, 3.05) is 5.32 Å². The summed E-state index contributed by atoms with van der Waals surface area (Å²) in [5.41, 5.74) is 6.88. The lowest BCUT2D eigenvalue weighted by Gasteiger charge is -2.10. The second kappa shape index (κ2) is 6.14. The SMILES string of the molecule is C#Cc1nc(NC(=O)[C@H](N)Cc2ccccc2)cs1. The average Bonchev–Trinajstić information content (AvgIpc) is 2.87. The number of hydrogen-bond donors (Lipinski definition) is 2. The van der Waals surface area contributed by atoms with Gasteiger partial charge in [-0.15, -0.1) is 17.8 Å². The molecule has 0 saturated heterocycles. The van der Waals surface area contributed by atoms with Crippen molar-refractivity contribution in [2.24, 2.45) is 5.73 Å². The number of terminal acetylenes is 1. The number of nitrogens with two attached hydrogens (primary N) is 1. The number of nitrogens with one attached hydrogen (secondary N) is 1. The molecule has 0 aliphatic carbocycles. The maximum Gasteiger partial charge on any atom is 0.242 e. The van der Waals surface area contributed by atoms with Crippen LogP contribution < -0.4 is 11.1 Å². The zero-order valence-electron chi connectivity index (χ0n) is 10.2. The van der Waals surface area contributed by atoms with E-state index >= 15 is 0 Å². The third kappa shape index (κ3) is 3.65. The monoisotopic (exact) mass is 271 g/mol. The van der Waals surface area contributed by atoms with E-state index in [1.165, 1.54) is 11.3 Å². The molecule has 0 aliphatic heterocycles. The molecule has 0 bridgehead atoms. The highest BCUT2D eigenvalue weighted by molar-refractivity contribution is 7.10. The number of carbonyl (C=O) groups excluding carboxylic acids is 1. The van der Waals surface area contributed by atoms with E-state index in [1.807, 2.05) is 30.3 Å². The largest absolute Gasteiger partial charge is 0.320 e. The highest BCUT2D eigenvalue weighted by atomic mass is 32.1. The van der Waals surface area contributed by atoms with E-state index in [2.05, 4.69) is 16.2 Å². The lowest BCUT2D eigenvalue weighted by Crippen LogP contribution is -2.37. The van der Waals surface area contributed by atoms with Crippen LogP contribution in [0.25, 0.3) is 0 Å². The second-order valence-electron chi connectivity index (χ2n) is 3.97. The Morgan fingerprint density at radius 2 is 2.21 bits per heavy atom. The van der Waals surface area contributed by atoms with E-state index in [1.54, 1.807) is 5.38 Å². The van der Waals surface area contributed by atoms with Crippen LogP contribution in [0.15, 0.2) is 35.7 Å². The standard InChI is InChI=1S/C14H13N3OS/c1-2-13-16-12(9-19-13)17-14(18)11(15)8-10-6-4-3-5-7-10/h1,3-7,9,11H,8,15H2,(H,17,18)/t11-/m1/s1. The third-order valence-corrected chi connectivity index (χ3v) is 3.29. The van der Waals surface area contributed by atoms with Crippen molar-refractivity contribution in [1.29, 1.82) is 0 Å². The number of anilines is 1. The lowest BCUT2D eigenvalue weighted by molar-refractivity contribution is -0.117. The van der Waals surface area contributed by atoms with Gasteiger partial charge in [-0.3, -0.25) is 4.79 Å². The molecule has 2 aromatic rings. The van der Waals surface area contributed by atoms with Crippen molar-refractivity contribution in [3.05, 3.63) is 46.3 Å². The predicted molar refractivity (Wildman–Crippen MR) is 76.8 cm³/mol. The summed E-state index contributed by atoms with van der Waals surface area (Å²) < 4.78 is 0. The van der Waals surface area contributed by atoms with E-state index < -0.39 is 6.04 Å². The van der Waals surface area contributed by atoms with E-state index in [0.717, 1.165) is 5.56 Å². The van der Waals surface area contributed by atoms with Crippen LogP contribution in [0.4, 0.5) is 5.82 Å². The normalized spacial score (nSPS) is 11.6. The third-order valence-electron chi connectivity index (χ3n) is 2.51. The smallest absolute Gasteiger partial charge is 0.242 e. The molecule has 1 heterocycles. The van der Waals surface area contributed by atoms with Gasteiger partial charge in [0.05, 0.1) is 6.04 Å². The highest BCUT2D eigenvalue weighted by Crippen LogP contribution is 2.13. The molecule has 0 spiro atoms. The summed E-state index contributed by atoms with van der Waals surface area (Å²) in [5, 5.41) is 4.89. The Morgan fingerprint density at radius 3 is 2.84 bits per heavy atom. The summed E-state index contributed by atoms with van der Waals surface area (Å²) in [4.78, 5) is 15.9. The molecular formula is C14H13N3OS. The summed E-state index contributed by atoms with van der Waals surface area (Å²) in [5.74, 6) is 2.60. The minimum atomic E-state index is -0.613. The molecule has 3 N–H and O–H groups in total. The Labute approximate surface area is 115 Å². The Morgan fingerprint density at radius 1 is 1.47 bits per heavy atom.